The third kappa shape index (κ3) is 6.74. The molecule has 0 saturated carbocycles. The number of guanidine groups is 1. The number of aryl methyl sites for hydroxylation is 1. The first-order valence-corrected chi connectivity index (χ1v) is 8.51. The van der Waals surface area contributed by atoms with E-state index in [2.05, 4.69) is 53.2 Å². The number of morpholine rings is 1. The number of nitrogens with zero attached hydrogens (tertiary/aromatic N) is 5. The third-order valence-electron chi connectivity index (χ3n) is 4.14. The molecule has 1 N–H and O–H groups in total. The van der Waals surface area contributed by atoms with Gasteiger partial charge in [0.05, 0.1) is 19.3 Å². The Morgan fingerprint density at radius 1 is 1.48 bits per heavy atom. The zero-order valence-electron chi connectivity index (χ0n) is 16.3. The maximum absolute atomic E-state index is 5.92. The Hall–Kier alpha value is -0.870. The van der Waals surface area contributed by atoms with E-state index >= 15 is 0 Å². The van der Waals surface area contributed by atoms with Gasteiger partial charge in [0.15, 0.2) is 5.96 Å². The molecule has 144 valence electrons. The van der Waals surface area contributed by atoms with Crippen molar-refractivity contribution in [1.82, 2.24) is 24.9 Å². The van der Waals surface area contributed by atoms with Crippen molar-refractivity contribution in [2.24, 2.45) is 17.5 Å². The molecule has 25 heavy (non-hydrogen) atoms. The van der Waals surface area contributed by atoms with Crippen LogP contribution in [-0.4, -0.2) is 79.5 Å². The van der Waals surface area contributed by atoms with E-state index in [-0.39, 0.29) is 35.5 Å². The monoisotopic (exact) mass is 464 g/mol. The molecule has 1 aliphatic rings. The van der Waals surface area contributed by atoms with Gasteiger partial charge in [-0.15, -0.1) is 24.0 Å². The van der Waals surface area contributed by atoms with Crippen LogP contribution in [0.25, 0.3) is 0 Å². The van der Waals surface area contributed by atoms with Gasteiger partial charge in [-0.1, -0.05) is 13.8 Å². The van der Waals surface area contributed by atoms with E-state index in [1.54, 1.807) is 0 Å². The van der Waals surface area contributed by atoms with Gasteiger partial charge < -0.3 is 19.9 Å². The highest BCUT2D eigenvalue weighted by atomic mass is 127. The standard InChI is InChI=1S/C17H32N6O.HI/c1-17(2,13-21(4)5)12-19-16(18-3)23-7-8-24-15(11-23)14-9-20-22(6)10-14;/h9-10,15H,7-8,11-13H2,1-6H3,(H,18,19);1H. The van der Waals surface area contributed by atoms with Crippen LogP contribution in [0.3, 0.4) is 0 Å². The molecule has 2 rings (SSSR count). The van der Waals surface area contributed by atoms with Crippen LogP contribution in [0.1, 0.15) is 25.5 Å². The predicted molar refractivity (Wildman–Crippen MR) is 113 cm³/mol. The fraction of sp³-hybridized carbons (Fsp3) is 0.765. The molecule has 7 nitrogen and oxygen atoms in total. The molecule has 0 spiro atoms. The van der Waals surface area contributed by atoms with Crippen molar-refractivity contribution >= 4 is 29.9 Å². The van der Waals surface area contributed by atoms with Crippen LogP contribution in [0, 0.1) is 5.41 Å². The van der Waals surface area contributed by atoms with Crippen molar-refractivity contribution in [3.8, 4) is 0 Å². The Bertz CT molecular complexity index is 557. The number of aromatic nitrogens is 2. The van der Waals surface area contributed by atoms with Crippen LogP contribution >= 0.6 is 24.0 Å². The van der Waals surface area contributed by atoms with Crippen LogP contribution < -0.4 is 5.32 Å². The average Bonchev–Trinajstić information content (AvgIpc) is 2.93. The highest BCUT2D eigenvalue weighted by Crippen LogP contribution is 2.22. The Morgan fingerprint density at radius 3 is 2.76 bits per heavy atom. The van der Waals surface area contributed by atoms with Crippen LogP contribution in [-0.2, 0) is 11.8 Å². The molecular weight excluding hydrogens is 431 g/mol. The molecule has 2 heterocycles. The molecule has 0 aromatic carbocycles. The lowest BCUT2D eigenvalue weighted by molar-refractivity contribution is -0.00819. The quantitative estimate of drug-likeness (QED) is 0.408. The lowest BCUT2D eigenvalue weighted by Gasteiger charge is -2.36. The van der Waals surface area contributed by atoms with Gasteiger partial charge in [0.2, 0.25) is 0 Å². The van der Waals surface area contributed by atoms with E-state index in [9.17, 15) is 0 Å². The lowest BCUT2D eigenvalue weighted by Crippen LogP contribution is -2.50. The number of aliphatic imine (C=N–C) groups is 1. The number of ether oxygens (including phenoxy) is 1. The highest BCUT2D eigenvalue weighted by molar-refractivity contribution is 14.0. The molecule has 8 heteroatoms. The fourth-order valence-electron chi connectivity index (χ4n) is 3.21. The van der Waals surface area contributed by atoms with Gasteiger partial charge >= 0.3 is 0 Å². The Labute approximate surface area is 168 Å². The summed E-state index contributed by atoms with van der Waals surface area (Å²) in [5, 5.41) is 7.78. The molecule has 1 unspecified atom stereocenters. The van der Waals surface area contributed by atoms with Gasteiger partial charge in [0.1, 0.15) is 6.10 Å². The SMILES string of the molecule is CN=C(NCC(C)(C)CN(C)C)N1CCOC(c2cnn(C)c2)C1.I. The predicted octanol–water partition coefficient (Wildman–Crippen LogP) is 1.57. The molecule has 0 radical (unpaired) electrons. The summed E-state index contributed by atoms with van der Waals surface area (Å²) in [4.78, 5) is 8.96. The van der Waals surface area contributed by atoms with Gasteiger partial charge in [-0.25, -0.2) is 0 Å². The first kappa shape index (κ1) is 22.2. The summed E-state index contributed by atoms with van der Waals surface area (Å²) in [5.74, 6) is 0.944. The van der Waals surface area contributed by atoms with Crippen molar-refractivity contribution in [2.45, 2.75) is 20.0 Å². The minimum Gasteiger partial charge on any atom is -0.370 e. The summed E-state index contributed by atoms with van der Waals surface area (Å²) in [6.45, 7) is 8.78. The minimum absolute atomic E-state index is 0. The third-order valence-corrected chi connectivity index (χ3v) is 4.14. The van der Waals surface area contributed by atoms with Gasteiger partial charge in [0.25, 0.3) is 0 Å². The second-order valence-electron chi connectivity index (χ2n) is 7.56. The Balaban J connectivity index is 0.00000312. The normalized spacial score (nSPS) is 19.1. The van der Waals surface area contributed by atoms with Gasteiger partial charge in [-0.2, -0.15) is 5.10 Å². The highest BCUT2D eigenvalue weighted by Gasteiger charge is 2.26. The van der Waals surface area contributed by atoms with E-state index in [0.29, 0.717) is 6.61 Å². The number of nitrogens with one attached hydrogen (secondary N) is 1. The largest absolute Gasteiger partial charge is 0.370 e. The number of hydrogen-bond donors (Lipinski definition) is 1. The van der Waals surface area contributed by atoms with Crippen LogP contribution in [0.4, 0.5) is 0 Å². The van der Waals surface area contributed by atoms with E-state index in [4.69, 9.17) is 4.74 Å². The molecule has 0 amide bonds. The van der Waals surface area contributed by atoms with E-state index in [1.807, 2.05) is 31.2 Å². The number of hydrogen-bond acceptors (Lipinski definition) is 4. The van der Waals surface area contributed by atoms with Crippen molar-refractivity contribution in [3.63, 3.8) is 0 Å². The maximum atomic E-state index is 5.92. The Morgan fingerprint density at radius 2 is 2.20 bits per heavy atom. The summed E-state index contributed by atoms with van der Waals surface area (Å²) in [6, 6.07) is 0. The summed E-state index contributed by atoms with van der Waals surface area (Å²) in [7, 11) is 7.99. The van der Waals surface area contributed by atoms with E-state index in [0.717, 1.165) is 37.7 Å². The number of halogens is 1. The zero-order chi connectivity index (χ0) is 17.7. The van der Waals surface area contributed by atoms with Crippen molar-refractivity contribution in [1.29, 1.82) is 0 Å². The summed E-state index contributed by atoms with van der Waals surface area (Å²) < 4.78 is 7.73. The van der Waals surface area contributed by atoms with Gasteiger partial charge in [-0.05, 0) is 19.5 Å². The molecule has 1 fully saturated rings. The zero-order valence-corrected chi connectivity index (χ0v) is 18.7. The minimum atomic E-state index is 0. The van der Waals surface area contributed by atoms with Crippen molar-refractivity contribution in [3.05, 3.63) is 18.0 Å². The molecule has 0 aliphatic carbocycles. The Kier molecular flexibility index (Phi) is 8.62. The lowest BCUT2D eigenvalue weighted by atomic mass is 9.93. The summed E-state index contributed by atoms with van der Waals surface area (Å²) in [5.41, 5.74) is 1.29. The smallest absolute Gasteiger partial charge is 0.193 e. The van der Waals surface area contributed by atoms with Gasteiger partial charge in [-0.3, -0.25) is 9.67 Å². The van der Waals surface area contributed by atoms with E-state index in [1.165, 1.54) is 0 Å². The molecular formula is C17H33IN6O. The molecule has 1 aromatic heterocycles. The summed E-state index contributed by atoms with van der Waals surface area (Å²) >= 11 is 0. The van der Waals surface area contributed by atoms with Crippen molar-refractivity contribution < 1.29 is 4.74 Å². The topological polar surface area (TPSA) is 57.9 Å². The second-order valence-corrected chi connectivity index (χ2v) is 7.56. The molecule has 1 aromatic rings. The maximum Gasteiger partial charge on any atom is 0.193 e. The molecule has 0 bridgehead atoms. The first-order valence-electron chi connectivity index (χ1n) is 8.51. The number of rotatable bonds is 5. The molecule has 1 saturated heterocycles. The van der Waals surface area contributed by atoms with Crippen LogP contribution in [0.5, 0.6) is 0 Å². The summed E-state index contributed by atoms with van der Waals surface area (Å²) in [6.07, 6.45) is 3.94. The van der Waals surface area contributed by atoms with Crippen LogP contribution in [0.2, 0.25) is 0 Å². The van der Waals surface area contributed by atoms with Crippen molar-refractivity contribution in [2.75, 3.05) is 53.9 Å². The second kappa shape index (κ2) is 9.72. The van der Waals surface area contributed by atoms with Gasteiger partial charge in [0, 0.05) is 45.5 Å². The fourth-order valence-corrected chi connectivity index (χ4v) is 3.21. The average molecular weight is 464 g/mol. The first-order chi connectivity index (χ1) is 11.3. The van der Waals surface area contributed by atoms with E-state index < -0.39 is 0 Å². The van der Waals surface area contributed by atoms with Crippen LogP contribution in [0.15, 0.2) is 17.4 Å². The molecule has 1 aliphatic heterocycles. The molecule has 1 atom stereocenters.